The Morgan fingerprint density at radius 2 is 1.89 bits per heavy atom. The smallest absolute Gasteiger partial charge is 0.229 e. The number of aromatic amines is 1. The van der Waals surface area contributed by atoms with Crippen LogP contribution in [0.4, 0.5) is 27.5 Å². The SMILES string of the molecule is COc1ccccc1Nc1nccc(Nc2ccc3[nH]c(C)cc3c2F)n1. The largest absolute Gasteiger partial charge is 0.495 e. The molecule has 0 unspecified atom stereocenters. The molecule has 4 aromatic rings. The van der Waals surface area contributed by atoms with Crippen molar-refractivity contribution in [2.24, 2.45) is 0 Å². The maximum absolute atomic E-state index is 14.8. The van der Waals surface area contributed by atoms with E-state index in [0.717, 1.165) is 16.9 Å². The molecule has 0 aliphatic rings. The third-order valence-electron chi connectivity index (χ3n) is 4.14. The fraction of sp³-hybridized carbons (Fsp3) is 0.100. The number of aromatic nitrogens is 3. The molecule has 0 atom stereocenters. The molecule has 2 heterocycles. The van der Waals surface area contributed by atoms with Crippen LogP contribution in [0.3, 0.4) is 0 Å². The number of para-hydroxylation sites is 2. The van der Waals surface area contributed by atoms with Crippen molar-refractivity contribution in [3.8, 4) is 5.75 Å². The van der Waals surface area contributed by atoms with Crippen molar-refractivity contribution >= 4 is 34.0 Å². The average molecular weight is 363 g/mol. The summed E-state index contributed by atoms with van der Waals surface area (Å²) in [4.78, 5) is 11.7. The Morgan fingerprint density at radius 1 is 1.04 bits per heavy atom. The summed E-state index contributed by atoms with van der Waals surface area (Å²) >= 11 is 0. The molecular weight excluding hydrogens is 345 g/mol. The van der Waals surface area contributed by atoms with Crippen LogP contribution < -0.4 is 15.4 Å². The number of rotatable bonds is 5. The Balaban J connectivity index is 1.60. The number of hydrogen-bond acceptors (Lipinski definition) is 5. The molecule has 4 rings (SSSR count). The summed E-state index contributed by atoms with van der Waals surface area (Å²) in [6, 6.07) is 14.5. The molecular formula is C20H18FN5O. The van der Waals surface area contributed by atoms with Gasteiger partial charge in [-0.05, 0) is 43.3 Å². The zero-order valence-corrected chi connectivity index (χ0v) is 14.9. The number of anilines is 4. The third-order valence-corrected chi connectivity index (χ3v) is 4.14. The van der Waals surface area contributed by atoms with Gasteiger partial charge in [0.05, 0.1) is 18.5 Å². The van der Waals surface area contributed by atoms with Crippen molar-refractivity contribution in [2.45, 2.75) is 6.92 Å². The highest BCUT2D eigenvalue weighted by atomic mass is 19.1. The quantitative estimate of drug-likeness (QED) is 0.470. The van der Waals surface area contributed by atoms with Gasteiger partial charge in [0, 0.05) is 22.8 Å². The van der Waals surface area contributed by atoms with E-state index in [0.29, 0.717) is 28.6 Å². The lowest BCUT2D eigenvalue weighted by molar-refractivity contribution is 0.417. The van der Waals surface area contributed by atoms with Gasteiger partial charge < -0.3 is 20.4 Å². The minimum Gasteiger partial charge on any atom is -0.495 e. The summed E-state index contributed by atoms with van der Waals surface area (Å²) in [5.41, 5.74) is 2.76. The van der Waals surface area contributed by atoms with E-state index in [4.69, 9.17) is 4.74 Å². The second kappa shape index (κ2) is 6.95. The maximum Gasteiger partial charge on any atom is 0.229 e. The molecule has 0 fully saturated rings. The first kappa shape index (κ1) is 16.8. The Labute approximate surface area is 155 Å². The number of benzene rings is 2. The number of aryl methyl sites for hydroxylation is 1. The molecule has 2 aromatic carbocycles. The lowest BCUT2D eigenvalue weighted by Crippen LogP contribution is -2.02. The highest BCUT2D eigenvalue weighted by Gasteiger charge is 2.11. The molecule has 27 heavy (non-hydrogen) atoms. The predicted molar refractivity (Wildman–Crippen MR) is 105 cm³/mol. The average Bonchev–Trinajstić information content (AvgIpc) is 3.06. The van der Waals surface area contributed by atoms with E-state index >= 15 is 0 Å². The van der Waals surface area contributed by atoms with E-state index in [1.807, 2.05) is 37.3 Å². The minimum absolute atomic E-state index is 0.324. The number of methoxy groups -OCH3 is 1. The van der Waals surface area contributed by atoms with E-state index < -0.39 is 0 Å². The standard InChI is InChI=1S/C20H18FN5O/c1-12-11-13-14(23-12)7-8-16(19(13)21)24-18-9-10-22-20(26-18)25-15-5-3-4-6-17(15)27-2/h3-11,23H,1-2H3,(H2,22,24,25,26). The number of H-pyrrole nitrogens is 1. The number of hydrogen-bond donors (Lipinski definition) is 3. The normalized spacial score (nSPS) is 10.8. The van der Waals surface area contributed by atoms with Crippen molar-refractivity contribution in [3.63, 3.8) is 0 Å². The van der Waals surface area contributed by atoms with Crippen molar-refractivity contribution < 1.29 is 9.13 Å². The van der Waals surface area contributed by atoms with Gasteiger partial charge in [0.15, 0.2) is 5.82 Å². The summed E-state index contributed by atoms with van der Waals surface area (Å²) in [7, 11) is 1.60. The van der Waals surface area contributed by atoms with Gasteiger partial charge in [0.2, 0.25) is 5.95 Å². The van der Waals surface area contributed by atoms with Crippen LogP contribution >= 0.6 is 0 Å². The molecule has 0 bridgehead atoms. The molecule has 136 valence electrons. The summed E-state index contributed by atoms with van der Waals surface area (Å²) in [5, 5.41) is 6.67. The third kappa shape index (κ3) is 3.39. The molecule has 0 amide bonds. The first-order chi connectivity index (χ1) is 13.1. The molecule has 6 nitrogen and oxygen atoms in total. The molecule has 0 radical (unpaired) electrons. The van der Waals surface area contributed by atoms with Gasteiger partial charge in [-0.2, -0.15) is 4.98 Å². The van der Waals surface area contributed by atoms with Crippen LogP contribution in [0.15, 0.2) is 54.7 Å². The van der Waals surface area contributed by atoms with Gasteiger partial charge >= 0.3 is 0 Å². The lowest BCUT2D eigenvalue weighted by atomic mass is 10.2. The highest BCUT2D eigenvalue weighted by molar-refractivity contribution is 5.85. The van der Waals surface area contributed by atoms with Crippen molar-refractivity contribution in [1.29, 1.82) is 0 Å². The number of ether oxygens (including phenoxy) is 1. The molecule has 0 aliphatic carbocycles. The van der Waals surface area contributed by atoms with Gasteiger partial charge in [-0.15, -0.1) is 0 Å². The number of fused-ring (bicyclic) bond motifs is 1. The summed E-state index contributed by atoms with van der Waals surface area (Å²) in [6.45, 7) is 1.90. The number of nitrogens with zero attached hydrogens (tertiary/aromatic N) is 2. The highest BCUT2D eigenvalue weighted by Crippen LogP contribution is 2.28. The molecule has 2 aromatic heterocycles. The van der Waals surface area contributed by atoms with Crippen LogP contribution in [0.5, 0.6) is 5.75 Å². The van der Waals surface area contributed by atoms with Crippen LogP contribution in [0, 0.1) is 12.7 Å². The van der Waals surface area contributed by atoms with Crippen LogP contribution in [0.25, 0.3) is 10.9 Å². The van der Waals surface area contributed by atoms with Gasteiger partial charge in [-0.3, -0.25) is 0 Å². The fourth-order valence-corrected chi connectivity index (χ4v) is 2.90. The van der Waals surface area contributed by atoms with Crippen LogP contribution in [-0.2, 0) is 0 Å². The van der Waals surface area contributed by atoms with Gasteiger partial charge in [-0.25, -0.2) is 9.37 Å². The van der Waals surface area contributed by atoms with Gasteiger partial charge in [0.1, 0.15) is 11.6 Å². The van der Waals surface area contributed by atoms with Crippen LogP contribution in [-0.4, -0.2) is 22.1 Å². The predicted octanol–water partition coefficient (Wildman–Crippen LogP) is 4.90. The van der Waals surface area contributed by atoms with Crippen LogP contribution in [0.2, 0.25) is 0 Å². The maximum atomic E-state index is 14.8. The molecule has 3 N–H and O–H groups in total. The van der Waals surface area contributed by atoms with Crippen molar-refractivity contribution in [3.05, 3.63) is 66.2 Å². The van der Waals surface area contributed by atoms with Crippen molar-refractivity contribution in [1.82, 2.24) is 15.0 Å². The Hall–Kier alpha value is -3.61. The first-order valence-electron chi connectivity index (χ1n) is 8.42. The van der Waals surface area contributed by atoms with E-state index in [1.54, 1.807) is 31.5 Å². The molecule has 0 saturated carbocycles. The zero-order chi connectivity index (χ0) is 18.8. The zero-order valence-electron chi connectivity index (χ0n) is 14.9. The fourth-order valence-electron chi connectivity index (χ4n) is 2.90. The lowest BCUT2D eigenvalue weighted by Gasteiger charge is -2.11. The summed E-state index contributed by atoms with van der Waals surface area (Å²) in [6.07, 6.45) is 1.60. The number of halogens is 1. The first-order valence-corrected chi connectivity index (χ1v) is 8.42. The van der Waals surface area contributed by atoms with E-state index in [9.17, 15) is 4.39 Å². The van der Waals surface area contributed by atoms with Gasteiger partial charge in [0.25, 0.3) is 0 Å². The summed E-state index contributed by atoms with van der Waals surface area (Å²) in [5.74, 6) is 1.21. The minimum atomic E-state index is -0.324. The Morgan fingerprint density at radius 3 is 2.74 bits per heavy atom. The topological polar surface area (TPSA) is 74.9 Å². The molecule has 7 heteroatoms. The Kier molecular flexibility index (Phi) is 4.33. The number of nitrogens with one attached hydrogen (secondary N) is 3. The van der Waals surface area contributed by atoms with E-state index in [2.05, 4.69) is 25.6 Å². The van der Waals surface area contributed by atoms with E-state index in [1.165, 1.54) is 0 Å². The second-order valence-electron chi connectivity index (χ2n) is 6.06. The second-order valence-corrected chi connectivity index (χ2v) is 6.06. The summed E-state index contributed by atoms with van der Waals surface area (Å²) < 4.78 is 20.1. The molecule has 0 spiro atoms. The Bertz CT molecular complexity index is 1110. The molecule has 0 aliphatic heterocycles. The monoisotopic (exact) mass is 363 g/mol. The van der Waals surface area contributed by atoms with E-state index in [-0.39, 0.29) is 5.82 Å². The van der Waals surface area contributed by atoms with Crippen molar-refractivity contribution in [2.75, 3.05) is 17.7 Å². The van der Waals surface area contributed by atoms with Crippen LogP contribution in [0.1, 0.15) is 5.69 Å². The molecule has 0 saturated heterocycles. The van der Waals surface area contributed by atoms with Gasteiger partial charge in [-0.1, -0.05) is 12.1 Å².